The summed E-state index contributed by atoms with van der Waals surface area (Å²) < 4.78 is 47.4. The van der Waals surface area contributed by atoms with E-state index in [2.05, 4.69) is 4.74 Å². The van der Waals surface area contributed by atoms with Crippen LogP contribution >= 0.6 is 0 Å². The van der Waals surface area contributed by atoms with Gasteiger partial charge in [0.2, 0.25) is 5.90 Å². The van der Waals surface area contributed by atoms with Gasteiger partial charge in [-0.15, -0.1) is 0 Å². The maximum absolute atomic E-state index is 12.6. The Kier molecular flexibility index (Phi) is 5.28. The van der Waals surface area contributed by atoms with Crippen molar-refractivity contribution in [2.45, 2.75) is 13.1 Å². The van der Waals surface area contributed by atoms with Gasteiger partial charge in [0, 0.05) is 6.21 Å². The number of carbonyl (C=O) groups excluding carboxylic acids is 1. The van der Waals surface area contributed by atoms with Crippen LogP contribution in [0.15, 0.2) is 24.0 Å². The molecule has 0 saturated carbocycles. The van der Waals surface area contributed by atoms with Crippen molar-refractivity contribution in [1.29, 1.82) is 10.8 Å². The molecule has 0 aromatic carbocycles. The highest BCUT2D eigenvalue weighted by atomic mass is 19.4. The zero-order chi connectivity index (χ0) is 16.2. The molecule has 2 N–H and O–H groups in total. The minimum atomic E-state index is -4.80. The SMILES string of the molecule is COC(=O)C1C(OC(=N)C(C=N)C(F)(F)F)=CC=CC1C. The van der Waals surface area contributed by atoms with Crippen LogP contribution in [0.3, 0.4) is 0 Å². The lowest BCUT2D eigenvalue weighted by atomic mass is 9.88. The first-order chi connectivity index (χ1) is 9.72. The highest BCUT2D eigenvalue weighted by Gasteiger charge is 2.44. The number of esters is 1. The summed E-state index contributed by atoms with van der Waals surface area (Å²) in [4.78, 5) is 11.7. The van der Waals surface area contributed by atoms with Crippen LogP contribution in [0.25, 0.3) is 0 Å². The number of rotatable bonds is 4. The minimum absolute atomic E-state index is 0.0815. The van der Waals surface area contributed by atoms with Crippen molar-refractivity contribution in [2.24, 2.45) is 17.8 Å². The lowest BCUT2D eigenvalue weighted by molar-refractivity contribution is -0.146. The number of carbonyl (C=O) groups is 1. The highest BCUT2D eigenvalue weighted by molar-refractivity contribution is 5.92. The van der Waals surface area contributed by atoms with Crippen molar-refractivity contribution < 1.29 is 27.4 Å². The molecule has 3 atom stereocenters. The average molecular weight is 304 g/mol. The van der Waals surface area contributed by atoms with Gasteiger partial charge < -0.3 is 14.9 Å². The van der Waals surface area contributed by atoms with E-state index in [0.29, 0.717) is 0 Å². The van der Waals surface area contributed by atoms with Gasteiger partial charge in [0.1, 0.15) is 11.7 Å². The molecule has 1 rings (SSSR count). The predicted molar refractivity (Wildman–Crippen MR) is 69.0 cm³/mol. The van der Waals surface area contributed by atoms with E-state index in [1.807, 2.05) is 0 Å². The van der Waals surface area contributed by atoms with Gasteiger partial charge >= 0.3 is 12.1 Å². The standard InChI is InChI=1S/C13H15F3N2O3/c1-7-4-3-5-9(10(7)12(19)20-2)21-11(18)8(6-17)13(14,15)16/h3-8,10,17-18H,1-2H3. The van der Waals surface area contributed by atoms with E-state index >= 15 is 0 Å². The molecule has 0 aliphatic heterocycles. The van der Waals surface area contributed by atoms with Crippen LogP contribution in [0.2, 0.25) is 0 Å². The second-order valence-corrected chi connectivity index (χ2v) is 4.47. The Morgan fingerprint density at radius 3 is 2.57 bits per heavy atom. The van der Waals surface area contributed by atoms with Crippen LogP contribution in [-0.4, -0.2) is 31.4 Å². The van der Waals surface area contributed by atoms with E-state index in [4.69, 9.17) is 15.6 Å². The van der Waals surface area contributed by atoms with E-state index < -0.39 is 29.9 Å². The van der Waals surface area contributed by atoms with Gasteiger partial charge in [-0.1, -0.05) is 19.1 Å². The van der Waals surface area contributed by atoms with E-state index in [1.54, 1.807) is 13.0 Å². The van der Waals surface area contributed by atoms with Crippen molar-refractivity contribution in [3.05, 3.63) is 24.0 Å². The molecule has 0 bridgehead atoms. The third-order valence-electron chi connectivity index (χ3n) is 2.99. The summed E-state index contributed by atoms with van der Waals surface area (Å²) in [5, 5.41) is 14.2. The zero-order valence-electron chi connectivity index (χ0n) is 11.4. The molecule has 0 aromatic heterocycles. The Labute approximate surface area is 119 Å². The summed E-state index contributed by atoms with van der Waals surface area (Å²) in [7, 11) is 1.16. The Bertz CT molecular complexity index is 497. The topological polar surface area (TPSA) is 83.2 Å². The van der Waals surface area contributed by atoms with Crippen LogP contribution in [-0.2, 0) is 14.3 Å². The van der Waals surface area contributed by atoms with E-state index in [1.165, 1.54) is 12.2 Å². The summed E-state index contributed by atoms with van der Waals surface area (Å²) in [5.41, 5.74) is 0. The Morgan fingerprint density at radius 2 is 2.10 bits per heavy atom. The Morgan fingerprint density at radius 1 is 1.48 bits per heavy atom. The number of methoxy groups -OCH3 is 1. The lowest BCUT2D eigenvalue weighted by Gasteiger charge is -2.26. The van der Waals surface area contributed by atoms with Gasteiger partial charge in [0.05, 0.1) is 7.11 Å². The van der Waals surface area contributed by atoms with Crippen LogP contribution < -0.4 is 0 Å². The first kappa shape index (κ1) is 16.9. The van der Waals surface area contributed by atoms with Crippen LogP contribution in [0.1, 0.15) is 6.92 Å². The largest absolute Gasteiger partial charge is 0.468 e. The number of allylic oxidation sites excluding steroid dienone is 3. The third kappa shape index (κ3) is 3.93. The molecule has 5 nitrogen and oxygen atoms in total. The van der Waals surface area contributed by atoms with Crippen LogP contribution in [0, 0.1) is 28.6 Å². The number of hydrogen-bond donors (Lipinski definition) is 2. The fraction of sp³-hybridized carbons (Fsp3) is 0.462. The molecule has 0 aromatic rings. The zero-order valence-corrected chi connectivity index (χ0v) is 11.4. The number of ether oxygens (including phenoxy) is 2. The monoisotopic (exact) mass is 304 g/mol. The van der Waals surface area contributed by atoms with Crippen molar-refractivity contribution in [1.82, 2.24) is 0 Å². The summed E-state index contributed by atoms with van der Waals surface area (Å²) in [5.74, 6) is -5.62. The molecule has 0 heterocycles. The minimum Gasteiger partial charge on any atom is -0.468 e. The molecular formula is C13H15F3N2O3. The van der Waals surface area contributed by atoms with Gasteiger partial charge in [-0.2, -0.15) is 13.2 Å². The molecule has 21 heavy (non-hydrogen) atoms. The fourth-order valence-electron chi connectivity index (χ4n) is 1.86. The van der Waals surface area contributed by atoms with E-state index in [9.17, 15) is 18.0 Å². The average Bonchev–Trinajstić information content (AvgIpc) is 2.37. The first-order valence-electron chi connectivity index (χ1n) is 6.02. The number of alkyl halides is 3. The van der Waals surface area contributed by atoms with Crippen molar-refractivity contribution >= 4 is 18.1 Å². The molecule has 8 heteroatoms. The van der Waals surface area contributed by atoms with Crippen molar-refractivity contribution in [2.75, 3.05) is 7.11 Å². The summed E-state index contributed by atoms with van der Waals surface area (Å²) >= 11 is 0. The fourth-order valence-corrected chi connectivity index (χ4v) is 1.86. The summed E-state index contributed by atoms with van der Waals surface area (Å²) in [6.07, 6.45) is -0.197. The number of nitrogens with one attached hydrogen (secondary N) is 2. The van der Waals surface area contributed by atoms with Crippen LogP contribution in [0.4, 0.5) is 13.2 Å². The van der Waals surface area contributed by atoms with Gasteiger partial charge in [-0.05, 0) is 12.0 Å². The quantitative estimate of drug-likeness (QED) is 0.476. The van der Waals surface area contributed by atoms with Crippen molar-refractivity contribution in [3.63, 3.8) is 0 Å². The van der Waals surface area contributed by atoms with E-state index in [0.717, 1.165) is 7.11 Å². The Hall–Kier alpha value is -2.12. The number of hydrogen-bond acceptors (Lipinski definition) is 5. The molecular weight excluding hydrogens is 289 g/mol. The third-order valence-corrected chi connectivity index (χ3v) is 2.99. The predicted octanol–water partition coefficient (Wildman–Crippen LogP) is 2.69. The van der Waals surface area contributed by atoms with Gasteiger partial charge in [-0.25, -0.2) is 0 Å². The summed E-state index contributed by atoms with van der Waals surface area (Å²) in [6.45, 7) is 1.68. The molecule has 0 saturated heterocycles. The molecule has 3 unspecified atom stereocenters. The van der Waals surface area contributed by atoms with Gasteiger partial charge in [0.15, 0.2) is 5.92 Å². The summed E-state index contributed by atoms with van der Waals surface area (Å²) in [6, 6.07) is 0. The highest BCUT2D eigenvalue weighted by Crippen LogP contribution is 2.31. The second-order valence-electron chi connectivity index (χ2n) is 4.47. The number of halogens is 3. The Balaban J connectivity index is 2.96. The molecule has 0 spiro atoms. The van der Waals surface area contributed by atoms with E-state index in [-0.39, 0.29) is 17.9 Å². The molecule has 1 aliphatic rings. The normalized spacial score (nSPS) is 23.0. The molecule has 0 amide bonds. The lowest BCUT2D eigenvalue weighted by Crippen LogP contribution is -2.35. The molecule has 0 radical (unpaired) electrons. The second kappa shape index (κ2) is 6.55. The molecule has 1 aliphatic carbocycles. The molecule has 0 fully saturated rings. The van der Waals surface area contributed by atoms with Crippen LogP contribution in [0.5, 0.6) is 0 Å². The molecule has 116 valence electrons. The maximum atomic E-state index is 12.6. The first-order valence-corrected chi connectivity index (χ1v) is 6.02. The smallest absolute Gasteiger partial charge is 0.405 e. The van der Waals surface area contributed by atoms with Gasteiger partial charge in [0.25, 0.3) is 0 Å². The maximum Gasteiger partial charge on any atom is 0.405 e. The van der Waals surface area contributed by atoms with Crippen molar-refractivity contribution in [3.8, 4) is 0 Å². The van der Waals surface area contributed by atoms with Gasteiger partial charge in [-0.3, -0.25) is 10.2 Å².